The summed E-state index contributed by atoms with van der Waals surface area (Å²) in [6.45, 7) is 30.2. The molecule has 114 heavy (non-hydrogen) atoms. The van der Waals surface area contributed by atoms with E-state index >= 15 is 0 Å². The zero-order valence-corrected chi connectivity index (χ0v) is 68.8. The predicted octanol–water partition coefficient (Wildman–Crippen LogP) is 7.78. The summed E-state index contributed by atoms with van der Waals surface area (Å²) in [6, 6.07) is 0. The Morgan fingerprint density at radius 1 is 0.386 bits per heavy atom. The topological polar surface area (TPSA) is 387 Å². The maximum Gasteiger partial charge on any atom is 0.316 e. The minimum atomic E-state index is -0.604. The monoisotopic (exact) mass is 1600 g/mol. The molecule has 0 spiro atoms. The number of hydrogen-bond donors (Lipinski definition) is 0. The third-order valence-corrected chi connectivity index (χ3v) is 29.9. The Hall–Kier alpha value is -7.50. The van der Waals surface area contributed by atoms with Crippen molar-refractivity contribution in [1.29, 1.82) is 0 Å². The van der Waals surface area contributed by atoms with Crippen LogP contribution in [0.3, 0.4) is 0 Å². The number of carbonyl (C=O) groups excluding carboxylic acids is 14. The molecule has 12 bridgehead atoms. The number of methoxy groups -OCH3 is 2. The summed E-state index contributed by atoms with van der Waals surface area (Å²) in [5.41, 5.74) is -2.19. The first-order valence-electron chi connectivity index (χ1n) is 41.7. The fourth-order valence-corrected chi connectivity index (χ4v) is 21.1. The molecule has 8 aliphatic carbocycles. The molecule has 35 atom stereocenters. The van der Waals surface area contributed by atoms with E-state index in [1.165, 1.54) is 14.2 Å². The molecule has 8 saturated carbocycles. The van der Waals surface area contributed by atoms with Crippen LogP contribution in [0.5, 0.6) is 0 Å². The molecule has 10 heterocycles. The van der Waals surface area contributed by atoms with Crippen molar-refractivity contribution < 1.29 is 143 Å². The van der Waals surface area contributed by atoms with Crippen molar-refractivity contribution in [3.05, 3.63) is 0 Å². The Morgan fingerprint density at radius 3 is 1.21 bits per heavy atom. The van der Waals surface area contributed by atoms with Crippen molar-refractivity contribution in [3.8, 4) is 0 Å². The average Bonchev–Trinajstić information content (AvgIpc) is 1.52. The van der Waals surface area contributed by atoms with E-state index in [2.05, 4.69) is 0 Å². The zero-order chi connectivity index (χ0) is 82.9. The molecule has 0 aromatic rings. The lowest BCUT2D eigenvalue weighted by Crippen LogP contribution is -2.45. The van der Waals surface area contributed by atoms with Gasteiger partial charge in [0.25, 0.3) is 0 Å². The van der Waals surface area contributed by atoms with E-state index in [9.17, 15) is 67.1 Å². The summed E-state index contributed by atoms with van der Waals surface area (Å²) in [4.78, 5) is 167. The van der Waals surface area contributed by atoms with Crippen molar-refractivity contribution >= 4 is 83.6 Å². The first-order valence-corrected chi connectivity index (χ1v) is 41.7. The maximum absolute atomic E-state index is 12.4. The fraction of sp³-hybridized carbons (Fsp3) is 0.833. The van der Waals surface area contributed by atoms with Gasteiger partial charge in [0.1, 0.15) is 72.4 Å². The lowest BCUT2D eigenvalue weighted by atomic mass is 9.73. The molecular formula is C84H116O30. The van der Waals surface area contributed by atoms with Crippen LogP contribution in [0.25, 0.3) is 0 Å². The molecule has 632 valence electrons. The SMILES string of the molecule is CCC(C)(C)C(=O)OC1C2CC3C(=O)OC1C3O2.CCC(C)(C)C(=O)OC1C2CC3C1OC(=O)C3C2C(=O)OC.CCC(C)(C)C(=O)OC1C2CC3OC(=O)C1(C)C3C2.CCC(C)C(=O)OC1C2CC3C(=O)OC1C3O2.CCC(C)C(=O)OC1C2CC3C1OC(=O)C3C2C(=O)OC.CCC(C)C(=O)OC1C2CC3OC(=O)C1C3C2. The van der Waals surface area contributed by atoms with Gasteiger partial charge in [-0.2, -0.15) is 0 Å². The van der Waals surface area contributed by atoms with Gasteiger partial charge in [0, 0.05) is 47.3 Å². The van der Waals surface area contributed by atoms with Gasteiger partial charge in [-0.15, -0.1) is 0 Å². The molecule has 0 aromatic carbocycles. The molecule has 18 rings (SSSR count). The molecule has 18 aliphatic rings. The highest BCUT2D eigenvalue weighted by molar-refractivity contribution is 5.88. The van der Waals surface area contributed by atoms with Gasteiger partial charge in [-0.25, -0.2) is 0 Å². The molecule has 10 saturated heterocycles. The quantitative estimate of drug-likeness (QED) is 0.0829. The van der Waals surface area contributed by atoms with Crippen LogP contribution in [0.4, 0.5) is 0 Å². The van der Waals surface area contributed by atoms with Gasteiger partial charge in [-0.1, -0.05) is 62.3 Å². The van der Waals surface area contributed by atoms with Gasteiger partial charge in [-0.05, 0) is 138 Å². The van der Waals surface area contributed by atoms with Crippen LogP contribution in [0.15, 0.2) is 0 Å². The van der Waals surface area contributed by atoms with Gasteiger partial charge < -0.3 is 75.8 Å². The molecule has 10 aliphatic heterocycles. The summed E-state index contributed by atoms with van der Waals surface area (Å²) in [5, 5.41) is 0. The number of fused-ring (bicyclic) bond motifs is 6. The van der Waals surface area contributed by atoms with E-state index in [-0.39, 0.29) is 198 Å². The predicted molar refractivity (Wildman–Crippen MR) is 388 cm³/mol. The molecule has 30 heteroatoms. The minimum absolute atomic E-state index is 0.0265. The molecule has 0 N–H and O–H groups in total. The maximum atomic E-state index is 12.4. The lowest BCUT2D eigenvalue weighted by molar-refractivity contribution is -0.173. The second-order valence-electron chi connectivity index (χ2n) is 37.2. The summed E-state index contributed by atoms with van der Waals surface area (Å²) in [7, 11) is 2.62. The van der Waals surface area contributed by atoms with E-state index in [1.807, 2.05) is 104 Å². The van der Waals surface area contributed by atoms with Crippen LogP contribution in [-0.4, -0.2) is 195 Å². The first kappa shape index (κ1) is 84.4. The Bertz CT molecular complexity index is 3820. The molecule has 0 aromatic heterocycles. The first-order chi connectivity index (χ1) is 53.8. The van der Waals surface area contributed by atoms with E-state index in [1.54, 1.807) is 6.92 Å². The second kappa shape index (κ2) is 31.7. The second-order valence-corrected chi connectivity index (χ2v) is 37.2. The molecule has 30 nitrogen and oxygen atoms in total. The van der Waals surface area contributed by atoms with E-state index in [4.69, 9.17) is 75.8 Å². The number of hydrogen-bond acceptors (Lipinski definition) is 30. The Morgan fingerprint density at radius 2 is 0.772 bits per heavy atom. The summed E-state index contributed by atoms with van der Waals surface area (Å²) < 4.78 is 86.5. The van der Waals surface area contributed by atoms with Crippen LogP contribution < -0.4 is 0 Å². The van der Waals surface area contributed by atoms with Crippen molar-refractivity contribution in [2.75, 3.05) is 14.2 Å². The van der Waals surface area contributed by atoms with Crippen LogP contribution in [-0.2, 0) is 143 Å². The largest absolute Gasteiger partial charge is 0.469 e. The van der Waals surface area contributed by atoms with Crippen molar-refractivity contribution in [3.63, 3.8) is 0 Å². The van der Waals surface area contributed by atoms with Crippen LogP contribution >= 0.6 is 0 Å². The Balaban J connectivity index is 0.000000120. The standard InChI is InChI=1S/C16H22O6.C15H20O6.C15H22O4.C13H18O5.C13H18O4.C12H16O5/c1-5-16(2,3)15(19)22-12-7-6-8-10(9(7)13(17)20-4)14(18)21-11(8)12;1-4-6(2)13(16)20-11-7-5-8-10(9(7)14(17)19-3)15(18)21-12(8)11;1-5-14(2,3)12(16)19-11-8-6-9-10(7-8)18-13(17)15(9,11)4;1-4-13(2,3)12(15)18-9-7-5-6-8(16-7)10(9)17-11(6)14;1-3-6(2)12(14)17-11-7-4-8-9(5-7)16-13(15)10(8)11;1-3-5(2)11(13)16-9-7-4-6-8(15-7)10(9)17-12(6)14/h7-12H,5-6H2,1-4H3;6-12H,4-5H2,1-3H3;8-11H,5-7H2,1-4H3;6-10H,4-5H2,1-3H3;6-11H,3-5H2,1-2H3;5-10H,3-4H2,1-2H3. The van der Waals surface area contributed by atoms with Gasteiger partial charge in [0.05, 0.1) is 95.9 Å². The van der Waals surface area contributed by atoms with Crippen molar-refractivity contribution in [2.45, 2.75) is 298 Å². The summed E-state index contributed by atoms with van der Waals surface area (Å²) in [5.74, 6) is -5.74. The number of ether oxygens (including phenoxy) is 16. The van der Waals surface area contributed by atoms with Crippen LogP contribution in [0, 0.1) is 128 Å². The van der Waals surface area contributed by atoms with Crippen LogP contribution in [0.2, 0.25) is 0 Å². The van der Waals surface area contributed by atoms with E-state index in [0.29, 0.717) is 62.7 Å². The number of rotatable bonds is 20. The molecule has 0 radical (unpaired) electrons. The zero-order valence-electron chi connectivity index (χ0n) is 68.8. The normalized spacial score (nSPS) is 41.8. The van der Waals surface area contributed by atoms with E-state index < -0.39 is 93.9 Å². The Labute approximate surface area is 664 Å². The molecule has 0 amide bonds. The number of esters is 14. The van der Waals surface area contributed by atoms with Gasteiger partial charge in [-0.3, -0.25) is 67.1 Å². The smallest absolute Gasteiger partial charge is 0.316 e. The molecular weight excluding hydrogens is 1490 g/mol. The number of carbonyl (C=O) groups is 14. The van der Waals surface area contributed by atoms with Gasteiger partial charge in [0.2, 0.25) is 0 Å². The Kier molecular flexibility index (Phi) is 23.5. The minimum Gasteiger partial charge on any atom is -0.469 e. The third kappa shape index (κ3) is 14.3. The highest BCUT2D eigenvalue weighted by Crippen LogP contribution is 2.64. The average molecular weight is 1610 g/mol. The highest BCUT2D eigenvalue weighted by Gasteiger charge is 2.75. The lowest BCUT2D eigenvalue weighted by Gasteiger charge is -2.34. The summed E-state index contributed by atoms with van der Waals surface area (Å²) in [6.07, 6.45) is 6.09. The van der Waals surface area contributed by atoms with Crippen LogP contribution in [0.1, 0.15) is 201 Å². The molecule has 18 fully saturated rings. The molecule has 35 unspecified atom stereocenters. The summed E-state index contributed by atoms with van der Waals surface area (Å²) >= 11 is 0. The fourth-order valence-electron chi connectivity index (χ4n) is 21.1. The van der Waals surface area contributed by atoms with Crippen molar-refractivity contribution in [1.82, 2.24) is 0 Å². The van der Waals surface area contributed by atoms with E-state index in [0.717, 1.165) is 44.9 Å². The van der Waals surface area contributed by atoms with Gasteiger partial charge >= 0.3 is 83.6 Å². The van der Waals surface area contributed by atoms with Crippen molar-refractivity contribution in [2.24, 2.45) is 128 Å². The van der Waals surface area contributed by atoms with Gasteiger partial charge in [0.15, 0.2) is 24.4 Å². The highest BCUT2D eigenvalue weighted by atomic mass is 16.7. The third-order valence-electron chi connectivity index (χ3n) is 29.9.